The quantitative estimate of drug-likeness (QED) is 0.770. The Kier molecular flexibility index (Phi) is 2.33. The first-order chi connectivity index (χ1) is 7.18. The maximum Gasteiger partial charge on any atom is 0.267 e. The number of hydrogen-bond donors (Lipinski definition) is 1. The summed E-state index contributed by atoms with van der Waals surface area (Å²) in [4.78, 5) is 11.3. The molecule has 0 bridgehead atoms. The Morgan fingerprint density at radius 2 is 2.20 bits per heavy atom. The van der Waals surface area contributed by atoms with E-state index >= 15 is 0 Å². The second-order valence-electron chi connectivity index (χ2n) is 3.25. The third kappa shape index (κ3) is 1.79. The number of benzene rings is 1. The fraction of sp³-hybridized carbons (Fsp3) is 0.0909. The molecule has 1 heterocycles. The minimum atomic E-state index is -0.327. The molecule has 3 nitrogen and oxygen atoms in total. The van der Waals surface area contributed by atoms with Crippen LogP contribution in [-0.2, 0) is 0 Å². The molecule has 0 aliphatic heterocycles. The molecule has 0 unspecified atom stereocenters. The van der Waals surface area contributed by atoms with Crippen molar-refractivity contribution in [3.63, 3.8) is 0 Å². The number of nitrogens with one attached hydrogen (secondary N) is 1. The molecule has 15 heavy (non-hydrogen) atoms. The second kappa shape index (κ2) is 3.65. The first kappa shape index (κ1) is 9.58. The lowest BCUT2D eigenvalue weighted by molar-refractivity contribution is 0.628. The molecule has 2 aromatic rings. The average Bonchev–Trinajstić information content (AvgIpc) is 2.22. The third-order valence-corrected chi connectivity index (χ3v) is 2.24. The summed E-state index contributed by atoms with van der Waals surface area (Å²) in [5.74, 6) is -0.327. The fourth-order valence-corrected chi connectivity index (χ4v) is 1.41. The summed E-state index contributed by atoms with van der Waals surface area (Å²) >= 11 is 0. The highest BCUT2D eigenvalue weighted by Crippen LogP contribution is 2.20. The van der Waals surface area contributed by atoms with Crippen molar-refractivity contribution in [2.45, 2.75) is 6.92 Å². The van der Waals surface area contributed by atoms with Gasteiger partial charge in [-0.15, -0.1) is 0 Å². The topological polar surface area (TPSA) is 45.8 Å². The number of nitrogens with zero attached hydrogens (tertiary/aromatic N) is 1. The molecule has 76 valence electrons. The number of H-pyrrole nitrogens is 1. The highest BCUT2D eigenvalue weighted by molar-refractivity contribution is 5.65. The van der Waals surface area contributed by atoms with Crippen LogP contribution in [0.5, 0.6) is 0 Å². The van der Waals surface area contributed by atoms with Gasteiger partial charge in [0.2, 0.25) is 0 Å². The molecular weight excluding hydrogens is 195 g/mol. The van der Waals surface area contributed by atoms with Gasteiger partial charge in [-0.05, 0) is 24.6 Å². The number of rotatable bonds is 1. The van der Waals surface area contributed by atoms with Gasteiger partial charge in [0.05, 0.1) is 6.20 Å². The van der Waals surface area contributed by atoms with E-state index in [1.165, 1.54) is 18.3 Å². The third-order valence-electron chi connectivity index (χ3n) is 2.24. The molecule has 0 amide bonds. The van der Waals surface area contributed by atoms with Gasteiger partial charge in [0, 0.05) is 11.1 Å². The van der Waals surface area contributed by atoms with Gasteiger partial charge in [0.25, 0.3) is 5.56 Å². The first-order valence-electron chi connectivity index (χ1n) is 4.48. The number of hydrogen-bond acceptors (Lipinski definition) is 2. The molecule has 0 radical (unpaired) electrons. The van der Waals surface area contributed by atoms with Crippen LogP contribution >= 0.6 is 0 Å². The standard InChI is InChI=1S/C11H9FN2O/c1-7-10(6-13-14-11(7)15)8-3-2-4-9(12)5-8/h2-6H,1H3,(H,14,15). The minimum absolute atomic E-state index is 0.253. The van der Waals surface area contributed by atoms with Gasteiger partial charge in [-0.1, -0.05) is 12.1 Å². The van der Waals surface area contributed by atoms with Crippen LogP contribution < -0.4 is 5.56 Å². The normalized spacial score (nSPS) is 10.3. The van der Waals surface area contributed by atoms with Gasteiger partial charge in [0.15, 0.2) is 0 Å². The molecule has 0 fully saturated rings. The lowest BCUT2D eigenvalue weighted by atomic mass is 10.0. The summed E-state index contributed by atoms with van der Waals surface area (Å²) in [7, 11) is 0. The molecule has 4 heteroatoms. The van der Waals surface area contributed by atoms with Crippen molar-refractivity contribution < 1.29 is 4.39 Å². The highest BCUT2D eigenvalue weighted by atomic mass is 19.1. The molecule has 1 aromatic carbocycles. The summed E-state index contributed by atoms with van der Waals surface area (Å²) in [6.45, 7) is 1.68. The number of aromatic nitrogens is 2. The average molecular weight is 204 g/mol. The van der Waals surface area contributed by atoms with E-state index in [-0.39, 0.29) is 11.4 Å². The van der Waals surface area contributed by atoms with Crippen molar-refractivity contribution in [1.29, 1.82) is 0 Å². The Balaban J connectivity index is 2.64. The molecule has 1 N–H and O–H groups in total. The van der Waals surface area contributed by atoms with E-state index in [1.807, 2.05) is 0 Å². The van der Waals surface area contributed by atoms with Crippen molar-refractivity contribution >= 4 is 0 Å². The van der Waals surface area contributed by atoms with Gasteiger partial charge < -0.3 is 0 Å². The zero-order valence-electron chi connectivity index (χ0n) is 8.12. The summed E-state index contributed by atoms with van der Waals surface area (Å²) < 4.78 is 13.0. The fourth-order valence-electron chi connectivity index (χ4n) is 1.41. The summed E-state index contributed by atoms with van der Waals surface area (Å²) in [5.41, 5.74) is 1.59. The van der Waals surface area contributed by atoms with Crippen LogP contribution in [0.3, 0.4) is 0 Å². The Morgan fingerprint density at radius 3 is 2.93 bits per heavy atom. The van der Waals surface area contributed by atoms with E-state index in [9.17, 15) is 9.18 Å². The monoisotopic (exact) mass is 204 g/mol. The lowest BCUT2D eigenvalue weighted by Gasteiger charge is -2.03. The van der Waals surface area contributed by atoms with Gasteiger partial charge in [-0.25, -0.2) is 9.49 Å². The second-order valence-corrected chi connectivity index (χ2v) is 3.25. The Labute approximate surface area is 85.6 Å². The van der Waals surface area contributed by atoms with Crippen molar-refractivity contribution in [3.8, 4) is 11.1 Å². The zero-order valence-corrected chi connectivity index (χ0v) is 8.12. The summed E-state index contributed by atoms with van der Waals surface area (Å²) in [6, 6.07) is 6.08. The maximum atomic E-state index is 13.0. The van der Waals surface area contributed by atoms with Crippen LogP contribution in [0.25, 0.3) is 11.1 Å². The van der Waals surface area contributed by atoms with Crippen LogP contribution in [0.4, 0.5) is 4.39 Å². The molecular formula is C11H9FN2O. The summed E-state index contributed by atoms with van der Waals surface area (Å²) in [5, 5.41) is 6.02. The molecule has 2 rings (SSSR count). The Bertz CT molecular complexity index is 548. The summed E-state index contributed by atoms with van der Waals surface area (Å²) in [6.07, 6.45) is 1.52. The molecule has 1 aromatic heterocycles. The van der Waals surface area contributed by atoms with E-state index in [0.717, 1.165) is 0 Å². The molecule has 0 aliphatic rings. The minimum Gasteiger partial charge on any atom is -0.268 e. The predicted molar refractivity (Wildman–Crippen MR) is 55.0 cm³/mol. The van der Waals surface area contributed by atoms with Gasteiger partial charge in [-0.2, -0.15) is 5.10 Å². The molecule has 0 atom stereocenters. The molecule has 0 spiro atoms. The predicted octanol–water partition coefficient (Wildman–Crippen LogP) is 1.88. The highest BCUT2D eigenvalue weighted by Gasteiger charge is 2.05. The van der Waals surface area contributed by atoms with Crippen LogP contribution in [0.1, 0.15) is 5.56 Å². The molecule has 0 aliphatic carbocycles. The van der Waals surface area contributed by atoms with Crippen LogP contribution in [-0.4, -0.2) is 10.2 Å². The van der Waals surface area contributed by atoms with E-state index in [0.29, 0.717) is 16.7 Å². The van der Waals surface area contributed by atoms with Crippen molar-refractivity contribution in [2.24, 2.45) is 0 Å². The van der Waals surface area contributed by atoms with Gasteiger partial charge in [-0.3, -0.25) is 4.79 Å². The maximum absolute atomic E-state index is 13.0. The SMILES string of the molecule is Cc1c(-c2cccc(F)c2)cn[nH]c1=O. The van der Waals surface area contributed by atoms with Crippen molar-refractivity contribution in [1.82, 2.24) is 10.2 Å². The van der Waals surface area contributed by atoms with Crippen LogP contribution in [0.15, 0.2) is 35.3 Å². The van der Waals surface area contributed by atoms with Crippen LogP contribution in [0.2, 0.25) is 0 Å². The van der Waals surface area contributed by atoms with E-state index in [1.54, 1.807) is 19.1 Å². The zero-order chi connectivity index (χ0) is 10.8. The van der Waals surface area contributed by atoms with Gasteiger partial charge >= 0.3 is 0 Å². The van der Waals surface area contributed by atoms with Crippen LogP contribution in [0, 0.1) is 12.7 Å². The molecule has 0 saturated carbocycles. The van der Waals surface area contributed by atoms with E-state index in [2.05, 4.69) is 10.2 Å². The first-order valence-corrected chi connectivity index (χ1v) is 4.48. The Hall–Kier alpha value is -1.97. The smallest absolute Gasteiger partial charge is 0.267 e. The van der Waals surface area contributed by atoms with E-state index < -0.39 is 0 Å². The van der Waals surface area contributed by atoms with Crippen molar-refractivity contribution in [3.05, 3.63) is 52.2 Å². The Morgan fingerprint density at radius 1 is 1.40 bits per heavy atom. The largest absolute Gasteiger partial charge is 0.268 e. The van der Waals surface area contributed by atoms with Gasteiger partial charge in [0.1, 0.15) is 5.82 Å². The lowest BCUT2D eigenvalue weighted by Crippen LogP contribution is -2.11. The van der Waals surface area contributed by atoms with Crippen molar-refractivity contribution in [2.75, 3.05) is 0 Å². The molecule has 0 saturated heterocycles. The number of aromatic amines is 1. The number of halogens is 1. The van der Waals surface area contributed by atoms with E-state index in [4.69, 9.17) is 0 Å².